The molecule has 0 aliphatic carbocycles. The normalized spacial score (nSPS) is 20.4. The van der Waals surface area contributed by atoms with Gasteiger partial charge in [-0.25, -0.2) is 0 Å². The van der Waals surface area contributed by atoms with Gasteiger partial charge in [-0.15, -0.1) is 0 Å². The molecule has 1 N–H and O–H groups in total. The first kappa shape index (κ1) is 18.7. The van der Waals surface area contributed by atoms with E-state index in [9.17, 15) is 5.11 Å². The number of nitriles is 1. The van der Waals surface area contributed by atoms with Gasteiger partial charge in [0.05, 0.1) is 22.8 Å². The van der Waals surface area contributed by atoms with Crippen LogP contribution in [0.4, 0.5) is 0 Å². The molecular formula is C21H24BNO3. The molecular weight excluding hydrogens is 325 g/mol. The highest BCUT2D eigenvalue weighted by Gasteiger charge is 2.51. The van der Waals surface area contributed by atoms with Crippen LogP contribution >= 0.6 is 0 Å². The van der Waals surface area contributed by atoms with Gasteiger partial charge in [0.2, 0.25) is 0 Å². The third-order valence-electron chi connectivity index (χ3n) is 5.55. The van der Waals surface area contributed by atoms with Gasteiger partial charge in [0.1, 0.15) is 5.60 Å². The Morgan fingerprint density at radius 3 is 2.08 bits per heavy atom. The molecule has 134 valence electrons. The summed E-state index contributed by atoms with van der Waals surface area (Å²) in [6.07, 6.45) is 0. The average Bonchev–Trinajstić information content (AvgIpc) is 2.83. The lowest BCUT2D eigenvalue weighted by molar-refractivity contribution is 0.00578. The summed E-state index contributed by atoms with van der Waals surface area (Å²) >= 11 is 0. The Kier molecular flexibility index (Phi) is 4.48. The highest BCUT2D eigenvalue weighted by atomic mass is 16.7. The van der Waals surface area contributed by atoms with Crippen LogP contribution in [0.2, 0.25) is 0 Å². The van der Waals surface area contributed by atoms with E-state index in [1.54, 1.807) is 25.1 Å². The van der Waals surface area contributed by atoms with Crippen molar-refractivity contribution in [3.05, 3.63) is 65.2 Å². The average molecular weight is 349 g/mol. The lowest BCUT2D eigenvalue weighted by Gasteiger charge is -2.32. The van der Waals surface area contributed by atoms with E-state index in [0.717, 1.165) is 11.0 Å². The third kappa shape index (κ3) is 3.17. The molecule has 1 heterocycles. The Balaban J connectivity index is 1.87. The second-order valence-electron chi connectivity index (χ2n) is 7.98. The second kappa shape index (κ2) is 6.24. The molecule has 1 atom stereocenters. The fourth-order valence-electron chi connectivity index (χ4n) is 3.00. The van der Waals surface area contributed by atoms with Crippen molar-refractivity contribution in [2.75, 3.05) is 0 Å². The van der Waals surface area contributed by atoms with Gasteiger partial charge < -0.3 is 14.4 Å². The molecule has 1 aliphatic rings. The van der Waals surface area contributed by atoms with Gasteiger partial charge in [-0.1, -0.05) is 36.4 Å². The Bertz CT molecular complexity index is 834. The summed E-state index contributed by atoms with van der Waals surface area (Å²) in [4.78, 5) is 0. The van der Waals surface area contributed by atoms with Gasteiger partial charge in [0.15, 0.2) is 0 Å². The molecule has 0 saturated carbocycles. The number of nitrogens with zero attached hydrogens (tertiary/aromatic N) is 1. The Labute approximate surface area is 155 Å². The molecule has 0 aromatic heterocycles. The van der Waals surface area contributed by atoms with Crippen molar-refractivity contribution in [2.45, 2.75) is 51.4 Å². The smallest absolute Gasteiger partial charge is 0.399 e. The molecule has 0 amide bonds. The molecule has 26 heavy (non-hydrogen) atoms. The summed E-state index contributed by atoms with van der Waals surface area (Å²) in [5, 5.41) is 20.1. The first-order valence-corrected chi connectivity index (χ1v) is 8.76. The van der Waals surface area contributed by atoms with Gasteiger partial charge in [-0.3, -0.25) is 0 Å². The fraction of sp³-hybridized carbons (Fsp3) is 0.381. The van der Waals surface area contributed by atoms with Crippen molar-refractivity contribution in [1.29, 1.82) is 5.26 Å². The molecule has 0 spiro atoms. The monoisotopic (exact) mass is 349 g/mol. The molecule has 2 aromatic rings. The van der Waals surface area contributed by atoms with Gasteiger partial charge in [-0.05, 0) is 63.3 Å². The largest absolute Gasteiger partial charge is 0.494 e. The first-order chi connectivity index (χ1) is 12.1. The van der Waals surface area contributed by atoms with E-state index in [-0.39, 0.29) is 11.2 Å². The van der Waals surface area contributed by atoms with Crippen LogP contribution in [-0.2, 0) is 14.9 Å². The van der Waals surface area contributed by atoms with Crippen molar-refractivity contribution in [3.63, 3.8) is 0 Å². The van der Waals surface area contributed by atoms with Crippen LogP contribution in [0.25, 0.3) is 0 Å². The highest BCUT2D eigenvalue weighted by Crippen LogP contribution is 2.36. The molecule has 1 aliphatic heterocycles. The summed E-state index contributed by atoms with van der Waals surface area (Å²) in [5.74, 6) is 0. The Hall–Kier alpha value is -2.13. The van der Waals surface area contributed by atoms with Crippen LogP contribution in [0.3, 0.4) is 0 Å². The minimum atomic E-state index is -1.19. The molecule has 1 unspecified atom stereocenters. The predicted octanol–water partition coefficient (Wildman–Crippen LogP) is 3.11. The van der Waals surface area contributed by atoms with E-state index in [2.05, 4.69) is 6.07 Å². The van der Waals surface area contributed by atoms with Crippen LogP contribution in [0.15, 0.2) is 48.5 Å². The van der Waals surface area contributed by atoms with Crippen LogP contribution < -0.4 is 5.46 Å². The van der Waals surface area contributed by atoms with Crippen molar-refractivity contribution < 1.29 is 14.4 Å². The van der Waals surface area contributed by atoms with E-state index in [1.807, 2.05) is 58.0 Å². The zero-order chi connectivity index (χ0) is 19.2. The van der Waals surface area contributed by atoms with Crippen LogP contribution in [-0.4, -0.2) is 23.4 Å². The quantitative estimate of drug-likeness (QED) is 0.865. The molecule has 1 saturated heterocycles. The lowest BCUT2D eigenvalue weighted by atomic mass is 9.77. The third-order valence-corrected chi connectivity index (χ3v) is 5.55. The molecule has 0 bridgehead atoms. The summed E-state index contributed by atoms with van der Waals surface area (Å²) in [6, 6.07) is 16.7. The molecule has 2 aromatic carbocycles. The highest BCUT2D eigenvalue weighted by molar-refractivity contribution is 6.62. The maximum absolute atomic E-state index is 11.0. The molecule has 0 radical (unpaired) electrons. The van der Waals surface area contributed by atoms with Crippen LogP contribution in [0.1, 0.15) is 51.3 Å². The fourth-order valence-corrected chi connectivity index (χ4v) is 3.00. The predicted molar refractivity (Wildman–Crippen MR) is 102 cm³/mol. The lowest BCUT2D eigenvalue weighted by Crippen LogP contribution is -2.41. The number of hydrogen-bond donors (Lipinski definition) is 1. The number of benzene rings is 2. The van der Waals surface area contributed by atoms with Crippen LogP contribution in [0, 0.1) is 11.3 Å². The van der Waals surface area contributed by atoms with Crippen molar-refractivity contribution in [3.8, 4) is 6.07 Å². The number of aliphatic hydroxyl groups is 1. The van der Waals surface area contributed by atoms with Crippen molar-refractivity contribution in [1.82, 2.24) is 0 Å². The zero-order valence-electron chi connectivity index (χ0n) is 15.9. The van der Waals surface area contributed by atoms with Gasteiger partial charge in [0.25, 0.3) is 0 Å². The molecule has 4 nitrogen and oxygen atoms in total. The molecule has 5 heteroatoms. The molecule has 1 fully saturated rings. The van der Waals surface area contributed by atoms with E-state index < -0.39 is 12.7 Å². The summed E-state index contributed by atoms with van der Waals surface area (Å²) in [7, 11) is -0.430. The Morgan fingerprint density at radius 2 is 1.54 bits per heavy atom. The summed E-state index contributed by atoms with van der Waals surface area (Å²) < 4.78 is 12.1. The van der Waals surface area contributed by atoms with Gasteiger partial charge >= 0.3 is 7.12 Å². The SMILES string of the molecule is CC(O)(c1ccc(B2OC(C)(C)C(C)(C)O2)cc1)c1cccc(C#N)c1. The first-order valence-electron chi connectivity index (χ1n) is 8.76. The number of rotatable bonds is 3. The van der Waals surface area contributed by atoms with Crippen molar-refractivity contribution >= 4 is 12.6 Å². The van der Waals surface area contributed by atoms with Crippen LogP contribution in [0.5, 0.6) is 0 Å². The van der Waals surface area contributed by atoms with E-state index in [1.165, 1.54) is 0 Å². The second-order valence-corrected chi connectivity index (χ2v) is 7.98. The zero-order valence-corrected chi connectivity index (χ0v) is 15.9. The maximum atomic E-state index is 11.0. The van der Waals surface area contributed by atoms with E-state index in [0.29, 0.717) is 11.1 Å². The summed E-state index contributed by atoms with van der Waals surface area (Å²) in [5.41, 5.74) is 0.888. The Morgan fingerprint density at radius 1 is 0.962 bits per heavy atom. The van der Waals surface area contributed by atoms with Gasteiger partial charge in [-0.2, -0.15) is 5.26 Å². The summed E-state index contributed by atoms with van der Waals surface area (Å²) in [6.45, 7) is 9.82. The molecule has 3 rings (SSSR count). The van der Waals surface area contributed by atoms with Gasteiger partial charge in [0, 0.05) is 0 Å². The topological polar surface area (TPSA) is 62.5 Å². The standard InChI is InChI=1S/C21H24BNO3/c1-19(2)20(3,4)26-22(25-19)18-11-9-16(10-12-18)21(5,24)17-8-6-7-15(13-17)14-23/h6-13,24H,1-5H3. The maximum Gasteiger partial charge on any atom is 0.494 e. The minimum Gasteiger partial charge on any atom is -0.399 e. The van der Waals surface area contributed by atoms with E-state index >= 15 is 0 Å². The minimum absolute atomic E-state index is 0.389. The van der Waals surface area contributed by atoms with E-state index in [4.69, 9.17) is 14.6 Å². The van der Waals surface area contributed by atoms with Crippen molar-refractivity contribution in [2.24, 2.45) is 0 Å². The number of hydrogen-bond acceptors (Lipinski definition) is 4.